The normalized spacial score (nSPS) is 11.2. The Balaban J connectivity index is 1.77. The van der Waals surface area contributed by atoms with Crippen molar-refractivity contribution in [3.05, 3.63) is 63.1 Å². The Morgan fingerprint density at radius 1 is 1.26 bits per heavy atom. The Hall–Kier alpha value is -3.13. The minimum atomic E-state index is -0.631. The molecular weight excluding hydrogens is 367 g/mol. The lowest BCUT2D eigenvalue weighted by Crippen LogP contribution is -2.27. The van der Waals surface area contributed by atoms with E-state index in [0.29, 0.717) is 17.7 Å². The number of fused-ring (bicyclic) bond motifs is 2. The van der Waals surface area contributed by atoms with E-state index in [-0.39, 0.29) is 11.1 Å². The molecule has 4 rings (SSSR count). The predicted molar refractivity (Wildman–Crippen MR) is 104 cm³/mol. The Labute approximate surface area is 157 Å². The third kappa shape index (κ3) is 3.08. The fraction of sp³-hybridized carbons (Fsp3) is 0.158. The van der Waals surface area contributed by atoms with Crippen LogP contribution in [0.1, 0.15) is 22.4 Å². The van der Waals surface area contributed by atoms with E-state index < -0.39 is 17.2 Å². The number of nitrogens with one attached hydrogen (secondary N) is 1. The number of nitrogens with zero attached hydrogens (tertiary/aromatic N) is 3. The molecule has 2 aromatic heterocycles. The van der Waals surface area contributed by atoms with Crippen LogP contribution in [0.4, 0.5) is 10.1 Å². The first-order valence-corrected chi connectivity index (χ1v) is 9.17. The third-order valence-electron chi connectivity index (χ3n) is 4.18. The second-order valence-electron chi connectivity index (χ2n) is 6.02. The number of aromatic nitrogens is 3. The molecule has 1 N–H and O–H groups in total. The number of carbonyl (C=O) groups excluding carboxylic acids is 1. The molecule has 1 amide bonds. The number of thiazole rings is 1. The van der Waals surface area contributed by atoms with Gasteiger partial charge in [-0.2, -0.15) is 5.10 Å². The summed E-state index contributed by atoms with van der Waals surface area (Å²) in [5.74, 6) is -1.17. The van der Waals surface area contributed by atoms with Gasteiger partial charge in [0.2, 0.25) is 5.43 Å². The van der Waals surface area contributed by atoms with Crippen LogP contribution in [-0.2, 0) is 6.54 Å². The SMILES string of the molecule is CCn1nc(C(=O)Nc2ccc3nc(C)sc3c2)c(=O)c2cc(F)ccc21. The van der Waals surface area contributed by atoms with Crippen LogP contribution in [0.3, 0.4) is 0 Å². The molecule has 27 heavy (non-hydrogen) atoms. The lowest BCUT2D eigenvalue weighted by atomic mass is 10.2. The Kier molecular flexibility index (Phi) is 4.19. The molecule has 0 fully saturated rings. The van der Waals surface area contributed by atoms with Crippen LogP contribution in [0.15, 0.2) is 41.2 Å². The second kappa shape index (κ2) is 6.55. The fourth-order valence-electron chi connectivity index (χ4n) is 2.96. The summed E-state index contributed by atoms with van der Waals surface area (Å²) >= 11 is 1.52. The van der Waals surface area contributed by atoms with Crippen molar-refractivity contribution in [1.82, 2.24) is 14.8 Å². The van der Waals surface area contributed by atoms with E-state index in [4.69, 9.17) is 0 Å². The van der Waals surface area contributed by atoms with Crippen LogP contribution in [0.25, 0.3) is 21.1 Å². The Morgan fingerprint density at radius 2 is 2.07 bits per heavy atom. The van der Waals surface area contributed by atoms with Crippen molar-refractivity contribution in [1.29, 1.82) is 0 Å². The van der Waals surface area contributed by atoms with Gasteiger partial charge >= 0.3 is 0 Å². The maximum Gasteiger partial charge on any atom is 0.280 e. The number of rotatable bonds is 3. The average Bonchev–Trinajstić information content (AvgIpc) is 3.01. The lowest BCUT2D eigenvalue weighted by Gasteiger charge is -2.10. The van der Waals surface area contributed by atoms with Crippen molar-refractivity contribution in [3.8, 4) is 0 Å². The smallest absolute Gasteiger partial charge is 0.280 e. The quantitative estimate of drug-likeness (QED) is 0.586. The molecule has 136 valence electrons. The molecule has 4 aromatic rings. The van der Waals surface area contributed by atoms with E-state index in [1.54, 1.807) is 12.1 Å². The standard InChI is InChI=1S/C19H15FN4O2S/c1-3-24-15-7-4-11(20)8-13(15)18(25)17(23-24)19(26)22-12-5-6-14-16(9-12)27-10(2)21-14/h4-9H,3H2,1-2H3,(H,22,26). The maximum atomic E-state index is 13.6. The highest BCUT2D eigenvalue weighted by Gasteiger charge is 2.18. The molecule has 8 heteroatoms. The highest BCUT2D eigenvalue weighted by Crippen LogP contribution is 2.25. The van der Waals surface area contributed by atoms with Crippen molar-refractivity contribution in [3.63, 3.8) is 0 Å². The summed E-state index contributed by atoms with van der Waals surface area (Å²) in [7, 11) is 0. The van der Waals surface area contributed by atoms with E-state index in [0.717, 1.165) is 21.3 Å². The Bertz CT molecular complexity index is 1260. The summed E-state index contributed by atoms with van der Waals surface area (Å²) < 4.78 is 16.1. The van der Waals surface area contributed by atoms with Gasteiger partial charge in [-0.05, 0) is 50.2 Å². The van der Waals surface area contributed by atoms with Gasteiger partial charge in [-0.25, -0.2) is 9.37 Å². The van der Waals surface area contributed by atoms with E-state index in [1.807, 2.05) is 19.9 Å². The van der Waals surface area contributed by atoms with Gasteiger partial charge in [0.15, 0.2) is 5.69 Å². The first-order valence-electron chi connectivity index (χ1n) is 8.35. The molecular formula is C19H15FN4O2S. The summed E-state index contributed by atoms with van der Waals surface area (Å²) in [6.45, 7) is 4.19. The van der Waals surface area contributed by atoms with E-state index in [1.165, 1.54) is 28.2 Å². The van der Waals surface area contributed by atoms with Gasteiger partial charge in [-0.3, -0.25) is 14.3 Å². The van der Waals surface area contributed by atoms with Crippen LogP contribution in [0.5, 0.6) is 0 Å². The summed E-state index contributed by atoms with van der Waals surface area (Å²) in [5.41, 5.74) is 1.02. The highest BCUT2D eigenvalue weighted by molar-refractivity contribution is 7.18. The van der Waals surface area contributed by atoms with Gasteiger partial charge in [-0.1, -0.05) is 0 Å². The molecule has 0 unspecified atom stereocenters. The molecule has 0 aliphatic heterocycles. The first-order chi connectivity index (χ1) is 13.0. The number of aryl methyl sites for hydroxylation is 2. The molecule has 0 bridgehead atoms. The molecule has 0 aliphatic carbocycles. The second-order valence-corrected chi connectivity index (χ2v) is 7.26. The molecule has 0 aliphatic rings. The van der Waals surface area contributed by atoms with Crippen molar-refractivity contribution in [2.24, 2.45) is 0 Å². The molecule has 0 atom stereocenters. The molecule has 0 radical (unpaired) electrons. The summed E-state index contributed by atoms with van der Waals surface area (Å²) in [6, 6.07) is 9.22. The molecule has 0 saturated carbocycles. The number of amides is 1. The van der Waals surface area contributed by atoms with E-state index >= 15 is 0 Å². The average molecular weight is 382 g/mol. The Morgan fingerprint density at radius 3 is 2.85 bits per heavy atom. The summed E-state index contributed by atoms with van der Waals surface area (Å²) in [6.07, 6.45) is 0. The zero-order chi connectivity index (χ0) is 19.1. The largest absolute Gasteiger partial charge is 0.320 e. The van der Waals surface area contributed by atoms with Gasteiger partial charge in [0.1, 0.15) is 5.82 Å². The number of halogens is 1. The topological polar surface area (TPSA) is 76.9 Å². The zero-order valence-electron chi connectivity index (χ0n) is 14.6. The summed E-state index contributed by atoms with van der Waals surface area (Å²) in [4.78, 5) is 29.7. The van der Waals surface area contributed by atoms with Gasteiger partial charge < -0.3 is 5.32 Å². The molecule has 2 aromatic carbocycles. The van der Waals surface area contributed by atoms with Crippen molar-refractivity contribution in [2.75, 3.05) is 5.32 Å². The number of anilines is 1. The molecule has 0 saturated heterocycles. The maximum absolute atomic E-state index is 13.6. The minimum Gasteiger partial charge on any atom is -0.320 e. The van der Waals surface area contributed by atoms with Crippen LogP contribution in [0, 0.1) is 12.7 Å². The third-order valence-corrected chi connectivity index (χ3v) is 5.12. The van der Waals surface area contributed by atoms with Crippen LogP contribution in [-0.4, -0.2) is 20.7 Å². The molecule has 0 spiro atoms. The van der Waals surface area contributed by atoms with Crippen molar-refractivity contribution in [2.45, 2.75) is 20.4 Å². The van der Waals surface area contributed by atoms with Crippen LogP contribution >= 0.6 is 11.3 Å². The highest BCUT2D eigenvalue weighted by atomic mass is 32.1. The van der Waals surface area contributed by atoms with Gasteiger partial charge in [0, 0.05) is 12.2 Å². The van der Waals surface area contributed by atoms with Gasteiger partial charge in [-0.15, -0.1) is 11.3 Å². The van der Waals surface area contributed by atoms with Crippen LogP contribution < -0.4 is 10.7 Å². The van der Waals surface area contributed by atoms with E-state index in [2.05, 4.69) is 15.4 Å². The van der Waals surface area contributed by atoms with E-state index in [9.17, 15) is 14.0 Å². The number of benzene rings is 2. The predicted octanol–water partition coefficient (Wildman–Crippen LogP) is 3.73. The first kappa shape index (κ1) is 17.3. The van der Waals surface area contributed by atoms with Crippen molar-refractivity contribution >= 4 is 44.1 Å². The van der Waals surface area contributed by atoms with Gasteiger partial charge in [0.05, 0.1) is 26.1 Å². The van der Waals surface area contributed by atoms with Crippen LogP contribution in [0.2, 0.25) is 0 Å². The molecule has 6 nitrogen and oxygen atoms in total. The fourth-order valence-corrected chi connectivity index (χ4v) is 3.83. The summed E-state index contributed by atoms with van der Waals surface area (Å²) in [5, 5.41) is 7.93. The number of hydrogen-bond acceptors (Lipinski definition) is 5. The van der Waals surface area contributed by atoms with Gasteiger partial charge in [0.25, 0.3) is 5.91 Å². The number of carbonyl (C=O) groups is 1. The minimum absolute atomic E-state index is 0.130. The lowest BCUT2D eigenvalue weighted by molar-refractivity contribution is 0.101. The van der Waals surface area contributed by atoms with Crippen molar-refractivity contribution < 1.29 is 9.18 Å². The number of hydrogen-bond donors (Lipinski definition) is 1. The monoisotopic (exact) mass is 382 g/mol. The molecule has 2 heterocycles. The zero-order valence-corrected chi connectivity index (χ0v) is 15.4.